The summed E-state index contributed by atoms with van der Waals surface area (Å²) in [6.07, 6.45) is 10.2. The molecular weight excluding hydrogens is 204 g/mol. The zero-order valence-corrected chi connectivity index (χ0v) is 10.4. The van der Waals surface area contributed by atoms with Gasteiger partial charge in [-0.05, 0) is 25.7 Å². The molecule has 0 N–H and O–H groups in total. The maximum atomic E-state index is 11.0. The van der Waals surface area contributed by atoms with E-state index in [1.54, 1.807) is 0 Å². The number of carbonyl (C=O) groups excluding carboxylic acids is 1. The fourth-order valence-electron chi connectivity index (χ4n) is 2.05. The molecule has 1 unspecified atom stereocenters. The largest absolute Gasteiger partial charge is 0.508 e. The van der Waals surface area contributed by atoms with E-state index in [4.69, 9.17) is 9.47 Å². The number of hydrogen-bond donors (Lipinski definition) is 0. The van der Waals surface area contributed by atoms with Crippen LogP contribution in [0.5, 0.6) is 0 Å². The van der Waals surface area contributed by atoms with Crippen molar-refractivity contribution in [1.82, 2.24) is 0 Å². The van der Waals surface area contributed by atoms with Gasteiger partial charge in [-0.3, -0.25) is 0 Å². The van der Waals surface area contributed by atoms with E-state index >= 15 is 0 Å². The van der Waals surface area contributed by atoms with Crippen molar-refractivity contribution in [3.8, 4) is 0 Å². The van der Waals surface area contributed by atoms with Gasteiger partial charge < -0.3 is 9.47 Å². The molecule has 0 aromatic rings. The first-order valence-electron chi connectivity index (χ1n) is 6.66. The van der Waals surface area contributed by atoms with Crippen molar-refractivity contribution < 1.29 is 14.3 Å². The lowest BCUT2D eigenvalue weighted by Gasteiger charge is -2.12. The maximum Gasteiger partial charge on any atom is 0.508 e. The molecule has 0 amide bonds. The summed E-state index contributed by atoms with van der Waals surface area (Å²) < 4.78 is 10.0. The van der Waals surface area contributed by atoms with Gasteiger partial charge in [0.25, 0.3) is 0 Å². The topological polar surface area (TPSA) is 35.5 Å². The van der Waals surface area contributed by atoms with Gasteiger partial charge in [-0.2, -0.15) is 0 Å². The summed E-state index contributed by atoms with van der Waals surface area (Å²) in [5.41, 5.74) is 0. The van der Waals surface area contributed by atoms with E-state index in [1.165, 1.54) is 38.5 Å². The average molecular weight is 228 g/mol. The lowest BCUT2D eigenvalue weighted by Crippen LogP contribution is -2.15. The molecule has 3 heteroatoms. The van der Waals surface area contributed by atoms with Gasteiger partial charge in [-0.25, -0.2) is 4.79 Å². The summed E-state index contributed by atoms with van der Waals surface area (Å²) in [7, 11) is 0. The number of ether oxygens (including phenoxy) is 2. The summed E-state index contributed by atoms with van der Waals surface area (Å²) in [6.45, 7) is 2.75. The van der Waals surface area contributed by atoms with Crippen molar-refractivity contribution in [2.75, 3.05) is 6.61 Å². The molecule has 1 aliphatic heterocycles. The molecule has 0 aromatic heterocycles. The second-order valence-corrected chi connectivity index (χ2v) is 4.54. The van der Waals surface area contributed by atoms with Crippen molar-refractivity contribution in [2.24, 2.45) is 0 Å². The Bertz CT molecular complexity index is 192. The molecule has 16 heavy (non-hydrogen) atoms. The number of carbonyl (C=O) groups is 1. The van der Waals surface area contributed by atoms with Crippen LogP contribution in [-0.4, -0.2) is 18.9 Å². The first kappa shape index (κ1) is 13.3. The Morgan fingerprint density at radius 2 is 1.94 bits per heavy atom. The van der Waals surface area contributed by atoms with Crippen LogP contribution in [0.25, 0.3) is 0 Å². The highest BCUT2D eigenvalue weighted by atomic mass is 16.7. The Morgan fingerprint density at radius 3 is 2.75 bits per heavy atom. The van der Waals surface area contributed by atoms with Crippen molar-refractivity contribution >= 4 is 6.16 Å². The normalized spacial score (nSPS) is 21.1. The van der Waals surface area contributed by atoms with Crippen LogP contribution in [0.2, 0.25) is 0 Å². The molecule has 1 saturated heterocycles. The molecule has 0 radical (unpaired) electrons. The standard InChI is InChI=1S/C13H24O3/c1-2-3-4-5-6-7-9-12-10-8-11-15-13(14)16-12/h12H,2-11H2,1H3. The Balaban J connectivity index is 2.00. The highest BCUT2D eigenvalue weighted by Crippen LogP contribution is 2.17. The smallest absolute Gasteiger partial charge is 0.434 e. The maximum absolute atomic E-state index is 11.0. The van der Waals surface area contributed by atoms with Gasteiger partial charge in [0, 0.05) is 0 Å². The fraction of sp³-hybridized carbons (Fsp3) is 0.923. The molecule has 0 aromatic carbocycles. The Morgan fingerprint density at radius 1 is 1.19 bits per heavy atom. The van der Waals surface area contributed by atoms with E-state index in [1.807, 2.05) is 0 Å². The predicted molar refractivity (Wildman–Crippen MR) is 63.4 cm³/mol. The van der Waals surface area contributed by atoms with Gasteiger partial charge in [-0.15, -0.1) is 0 Å². The van der Waals surface area contributed by atoms with Crippen LogP contribution in [0.4, 0.5) is 4.79 Å². The minimum absolute atomic E-state index is 0.0983. The fourth-order valence-corrected chi connectivity index (χ4v) is 2.05. The molecular formula is C13H24O3. The highest BCUT2D eigenvalue weighted by molar-refractivity contribution is 5.60. The summed E-state index contributed by atoms with van der Waals surface area (Å²) in [5, 5.41) is 0. The van der Waals surface area contributed by atoms with Crippen molar-refractivity contribution in [1.29, 1.82) is 0 Å². The summed E-state index contributed by atoms with van der Waals surface area (Å²) in [6, 6.07) is 0. The van der Waals surface area contributed by atoms with Crippen LogP contribution < -0.4 is 0 Å². The number of unbranched alkanes of at least 4 members (excludes halogenated alkanes) is 5. The van der Waals surface area contributed by atoms with Crippen molar-refractivity contribution in [2.45, 2.75) is 70.8 Å². The quantitative estimate of drug-likeness (QED) is 0.487. The van der Waals surface area contributed by atoms with Crippen molar-refractivity contribution in [3.63, 3.8) is 0 Å². The summed E-state index contributed by atoms with van der Waals surface area (Å²) in [5.74, 6) is 0. The molecule has 1 heterocycles. The molecule has 3 nitrogen and oxygen atoms in total. The van der Waals surface area contributed by atoms with Gasteiger partial charge in [0.15, 0.2) is 0 Å². The van der Waals surface area contributed by atoms with Gasteiger partial charge in [-0.1, -0.05) is 39.0 Å². The molecule has 1 atom stereocenters. The zero-order valence-electron chi connectivity index (χ0n) is 10.4. The van der Waals surface area contributed by atoms with Crippen LogP contribution in [0.3, 0.4) is 0 Å². The number of cyclic esters (lactones) is 2. The molecule has 0 aliphatic carbocycles. The van der Waals surface area contributed by atoms with E-state index in [2.05, 4.69) is 6.92 Å². The third kappa shape index (κ3) is 5.99. The van der Waals surface area contributed by atoms with Gasteiger partial charge >= 0.3 is 6.16 Å². The Hall–Kier alpha value is -0.730. The van der Waals surface area contributed by atoms with Crippen LogP contribution >= 0.6 is 0 Å². The van der Waals surface area contributed by atoms with E-state index in [9.17, 15) is 4.79 Å². The van der Waals surface area contributed by atoms with Gasteiger partial charge in [0.05, 0.1) is 6.61 Å². The lowest BCUT2D eigenvalue weighted by molar-refractivity contribution is 0.0395. The van der Waals surface area contributed by atoms with E-state index in [-0.39, 0.29) is 6.10 Å². The molecule has 94 valence electrons. The highest BCUT2D eigenvalue weighted by Gasteiger charge is 2.18. The van der Waals surface area contributed by atoms with Gasteiger partial charge in [0.1, 0.15) is 6.10 Å². The molecule has 1 rings (SSSR count). The number of hydrogen-bond acceptors (Lipinski definition) is 3. The molecule has 1 aliphatic rings. The summed E-state index contributed by atoms with van der Waals surface area (Å²) in [4.78, 5) is 11.0. The number of rotatable bonds is 7. The Labute approximate surface area is 98.5 Å². The van der Waals surface area contributed by atoms with Gasteiger partial charge in [0.2, 0.25) is 0 Å². The van der Waals surface area contributed by atoms with E-state index in [0.29, 0.717) is 6.61 Å². The average Bonchev–Trinajstić information content (AvgIpc) is 2.48. The van der Waals surface area contributed by atoms with E-state index in [0.717, 1.165) is 19.3 Å². The first-order valence-corrected chi connectivity index (χ1v) is 6.66. The van der Waals surface area contributed by atoms with Crippen LogP contribution in [0.15, 0.2) is 0 Å². The van der Waals surface area contributed by atoms with Crippen molar-refractivity contribution in [3.05, 3.63) is 0 Å². The zero-order chi connectivity index (χ0) is 11.6. The lowest BCUT2D eigenvalue weighted by atomic mass is 10.0. The van der Waals surface area contributed by atoms with Crippen LogP contribution in [-0.2, 0) is 9.47 Å². The molecule has 0 saturated carbocycles. The first-order chi connectivity index (χ1) is 7.83. The predicted octanol–water partition coefficient (Wildman–Crippen LogP) is 4.05. The minimum Gasteiger partial charge on any atom is -0.434 e. The van der Waals surface area contributed by atoms with E-state index < -0.39 is 6.16 Å². The molecule has 0 bridgehead atoms. The second kappa shape index (κ2) is 8.43. The minimum atomic E-state index is -0.478. The molecule has 1 fully saturated rings. The van der Waals surface area contributed by atoms with Crippen LogP contribution in [0, 0.1) is 0 Å². The summed E-state index contributed by atoms with van der Waals surface area (Å²) >= 11 is 0. The monoisotopic (exact) mass is 228 g/mol. The molecule has 0 spiro atoms. The third-order valence-electron chi connectivity index (χ3n) is 3.03. The third-order valence-corrected chi connectivity index (χ3v) is 3.03. The van der Waals surface area contributed by atoms with Crippen LogP contribution in [0.1, 0.15) is 64.7 Å². The second-order valence-electron chi connectivity index (χ2n) is 4.54. The SMILES string of the molecule is CCCCCCCCC1CCCOC(=O)O1. The Kier molecular flexibility index (Phi) is 7.02.